The number of nitrogens with one attached hydrogen (secondary N) is 2. The van der Waals surface area contributed by atoms with Gasteiger partial charge >= 0.3 is 0 Å². The fraction of sp³-hybridized carbons (Fsp3) is 0.714. The van der Waals surface area contributed by atoms with Crippen molar-refractivity contribution >= 4 is 22.6 Å². The van der Waals surface area contributed by atoms with Gasteiger partial charge in [-0.05, 0) is 0 Å². The minimum Gasteiger partial charge on any atom is -0.378 e. The van der Waals surface area contributed by atoms with Crippen molar-refractivity contribution in [1.29, 1.82) is 10.8 Å². The Hall–Kier alpha value is -0.610. The summed E-state index contributed by atoms with van der Waals surface area (Å²) in [4.78, 5) is 1.89. The maximum absolute atomic E-state index is 7.56. The van der Waals surface area contributed by atoms with E-state index in [1.165, 1.54) is 0 Å². The smallest absolute Gasteiger partial charge is 0.104 e. The minimum atomic E-state index is 0.0199. The molecule has 0 saturated carbocycles. The first kappa shape index (κ1) is 9.48. The summed E-state index contributed by atoms with van der Waals surface area (Å²) in [6, 6.07) is 0. The molecule has 1 saturated heterocycles. The topological polar surface area (TPSA) is 60.2 Å². The van der Waals surface area contributed by atoms with Crippen LogP contribution in [0.15, 0.2) is 0 Å². The van der Waals surface area contributed by atoms with Crippen LogP contribution < -0.4 is 0 Å². The van der Waals surface area contributed by atoms with Crippen molar-refractivity contribution in [3.05, 3.63) is 0 Å². The number of morpholine rings is 1. The molecule has 4 nitrogen and oxygen atoms in total. The van der Waals surface area contributed by atoms with Crippen LogP contribution in [0.2, 0.25) is 0 Å². The largest absolute Gasteiger partial charge is 0.378 e. The van der Waals surface area contributed by atoms with E-state index in [1.54, 1.807) is 0 Å². The van der Waals surface area contributed by atoms with Crippen molar-refractivity contribution in [3.8, 4) is 0 Å². The van der Waals surface area contributed by atoms with Crippen molar-refractivity contribution in [2.75, 3.05) is 26.3 Å². The summed E-state index contributed by atoms with van der Waals surface area (Å²) >= 11 is 5.38. The molecule has 0 aromatic heterocycles. The van der Waals surface area contributed by atoms with Crippen LogP contribution in [0.4, 0.5) is 0 Å². The average molecular weight is 190 g/mol. The van der Waals surface area contributed by atoms with Gasteiger partial charge in [0.15, 0.2) is 0 Å². The van der Waals surface area contributed by atoms with E-state index in [0.29, 0.717) is 19.0 Å². The van der Waals surface area contributed by atoms with Crippen molar-refractivity contribution in [1.82, 2.24) is 4.90 Å². The zero-order chi connectivity index (χ0) is 8.97. The second-order valence-corrected chi connectivity index (χ2v) is 3.08. The van der Waals surface area contributed by atoms with Gasteiger partial charge in [-0.1, -0.05) is 11.6 Å². The highest BCUT2D eigenvalue weighted by Gasteiger charge is 2.13. The van der Waals surface area contributed by atoms with Crippen LogP contribution in [0.25, 0.3) is 0 Å². The number of amidine groups is 1. The number of rotatable bonds is 2. The maximum Gasteiger partial charge on any atom is 0.104 e. The molecule has 68 valence electrons. The fourth-order valence-corrected chi connectivity index (χ4v) is 1.22. The molecule has 0 atom stereocenters. The van der Waals surface area contributed by atoms with Crippen LogP contribution >= 0.6 is 11.6 Å². The van der Waals surface area contributed by atoms with Gasteiger partial charge in [0.2, 0.25) is 0 Å². The second kappa shape index (κ2) is 4.42. The standard InChI is InChI=1S/C7H12ClN3O/c8-6(9)5-7(10)11-1-3-12-4-2-11/h9-10H,1-5H2. The summed E-state index contributed by atoms with van der Waals surface area (Å²) in [6.45, 7) is 2.81. The maximum atomic E-state index is 7.56. The fourth-order valence-electron chi connectivity index (χ4n) is 1.09. The molecule has 0 amide bonds. The molecule has 1 heterocycles. The number of ether oxygens (including phenoxy) is 1. The Morgan fingerprint density at radius 2 is 1.92 bits per heavy atom. The number of hydrogen-bond acceptors (Lipinski definition) is 3. The third-order valence-electron chi connectivity index (χ3n) is 1.72. The molecule has 0 unspecified atom stereocenters. The van der Waals surface area contributed by atoms with Gasteiger partial charge in [-0.25, -0.2) is 0 Å². The molecule has 5 heteroatoms. The highest BCUT2D eigenvalue weighted by Crippen LogP contribution is 2.02. The Balaban J connectivity index is 2.34. The third kappa shape index (κ3) is 2.79. The second-order valence-electron chi connectivity index (χ2n) is 2.63. The average Bonchev–Trinajstić information content (AvgIpc) is 2.05. The Morgan fingerprint density at radius 1 is 1.33 bits per heavy atom. The Morgan fingerprint density at radius 3 is 2.42 bits per heavy atom. The summed E-state index contributed by atoms with van der Waals surface area (Å²) in [6.07, 6.45) is 0.238. The zero-order valence-corrected chi connectivity index (χ0v) is 7.52. The number of halogens is 1. The molecule has 1 aliphatic rings. The number of hydrogen-bond donors (Lipinski definition) is 2. The van der Waals surface area contributed by atoms with E-state index in [-0.39, 0.29) is 11.6 Å². The molecule has 0 spiro atoms. The molecular weight excluding hydrogens is 178 g/mol. The lowest BCUT2D eigenvalue weighted by Gasteiger charge is -2.28. The van der Waals surface area contributed by atoms with E-state index in [0.717, 1.165) is 13.1 Å². The van der Waals surface area contributed by atoms with Gasteiger partial charge < -0.3 is 9.64 Å². The number of nitrogens with zero attached hydrogens (tertiary/aromatic N) is 1. The van der Waals surface area contributed by atoms with E-state index < -0.39 is 0 Å². The quantitative estimate of drug-likeness (QED) is 0.501. The van der Waals surface area contributed by atoms with Crippen molar-refractivity contribution in [2.45, 2.75) is 6.42 Å². The van der Waals surface area contributed by atoms with Gasteiger partial charge in [0.1, 0.15) is 11.0 Å². The molecule has 0 aromatic carbocycles. The molecular formula is C7H12ClN3O. The first-order valence-electron chi connectivity index (χ1n) is 3.83. The predicted octanol–water partition coefficient (Wildman–Crippen LogP) is 0.902. The first-order valence-corrected chi connectivity index (χ1v) is 4.21. The molecule has 0 aromatic rings. The molecule has 0 radical (unpaired) electrons. The summed E-state index contributed by atoms with van der Waals surface area (Å²) < 4.78 is 5.13. The Labute approximate surface area is 76.5 Å². The monoisotopic (exact) mass is 189 g/mol. The van der Waals surface area contributed by atoms with Crippen LogP contribution in [0.1, 0.15) is 6.42 Å². The normalized spacial score (nSPS) is 17.6. The predicted molar refractivity (Wildman–Crippen MR) is 48.3 cm³/mol. The highest BCUT2D eigenvalue weighted by molar-refractivity contribution is 6.65. The van der Waals surface area contributed by atoms with E-state index in [1.807, 2.05) is 4.90 Å². The third-order valence-corrected chi connectivity index (χ3v) is 1.85. The van der Waals surface area contributed by atoms with Crippen molar-refractivity contribution in [2.24, 2.45) is 0 Å². The highest BCUT2D eigenvalue weighted by atomic mass is 35.5. The molecule has 0 bridgehead atoms. The van der Waals surface area contributed by atoms with Crippen LogP contribution in [0.5, 0.6) is 0 Å². The van der Waals surface area contributed by atoms with E-state index in [2.05, 4.69) is 0 Å². The summed E-state index contributed by atoms with van der Waals surface area (Å²) in [5.41, 5.74) is 0. The molecule has 2 N–H and O–H groups in total. The van der Waals surface area contributed by atoms with Crippen LogP contribution in [0.3, 0.4) is 0 Å². The molecule has 1 aliphatic heterocycles. The molecule has 1 rings (SSSR count). The van der Waals surface area contributed by atoms with Gasteiger partial charge in [0.05, 0.1) is 19.6 Å². The van der Waals surface area contributed by atoms with Crippen molar-refractivity contribution < 1.29 is 4.74 Å². The summed E-state index contributed by atoms with van der Waals surface area (Å²) in [7, 11) is 0. The van der Waals surface area contributed by atoms with Crippen LogP contribution in [0, 0.1) is 10.8 Å². The SMILES string of the molecule is N=C(Cl)CC(=N)N1CCOCC1. The Kier molecular flexibility index (Phi) is 3.49. The lowest BCUT2D eigenvalue weighted by molar-refractivity contribution is 0.0672. The lowest BCUT2D eigenvalue weighted by atomic mass is 10.3. The summed E-state index contributed by atoms with van der Waals surface area (Å²) in [5.74, 6) is 0.415. The van der Waals surface area contributed by atoms with E-state index in [9.17, 15) is 0 Å². The zero-order valence-electron chi connectivity index (χ0n) is 6.77. The lowest BCUT2D eigenvalue weighted by Crippen LogP contribution is -2.40. The van der Waals surface area contributed by atoms with Crippen LogP contribution in [-0.2, 0) is 4.74 Å². The van der Waals surface area contributed by atoms with Crippen molar-refractivity contribution in [3.63, 3.8) is 0 Å². The van der Waals surface area contributed by atoms with Crippen LogP contribution in [-0.4, -0.2) is 42.2 Å². The molecule has 12 heavy (non-hydrogen) atoms. The van der Waals surface area contributed by atoms with Gasteiger partial charge in [0, 0.05) is 13.1 Å². The first-order chi connectivity index (χ1) is 5.70. The summed E-state index contributed by atoms with van der Waals surface area (Å²) in [5, 5.41) is 14.6. The van der Waals surface area contributed by atoms with Gasteiger partial charge in [-0.3, -0.25) is 10.8 Å². The van der Waals surface area contributed by atoms with E-state index >= 15 is 0 Å². The molecule has 1 fully saturated rings. The van der Waals surface area contributed by atoms with Gasteiger partial charge in [-0.2, -0.15) is 0 Å². The van der Waals surface area contributed by atoms with E-state index in [4.69, 9.17) is 27.2 Å². The minimum absolute atomic E-state index is 0.0199. The Bertz CT molecular complexity index is 189. The molecule has 0 aliphatic carbocycles. The van der Waals surface area contributed by atoms with Gasteiger partial charge in [-0.15, -0.1) is 0 Å². The van der Waals surface area contributed by atoms with Gasteiger partial charge in [0.25, 0.3) is 0 Å².